The van der Waals surface area contributed by atoms with E-state index in [1.54, 1.807) is 18.2 Å². The SMILES string of the molecule is O=C(CN1C(=O)COc2cc(Br)ccc21)NCC1CNCC1O. The maximum absolute atomic E-state index is 12.1. The van der Waals surface area contributed by atoms with E-state index < -0.39 is 6.10 Å². The molecule has 0 aromatic heterocycles. The van der Waals surface area contributed by atoms with Gasteiger partial charge in [-0.15, -0.1) is 0 Å². The Morgan fingerprint density at radius 2 is 2.30 bits per heavy atom. The minimum Gasteiger partial charge on any atom is -0.482 e. The molecule has 0 bridgehead atoms. The zero-order valence-corrected chi connectivity index (χ0v) is 14.0. The van der Waals surface area contributed by atoms with Crippen molar-refractivity contribution in [1.29, 1.82) is 0 Å². The van der Waals surface area contributed by atoms with Crippen LogP contribution in [0.2, 0.25) is 0 Å². The maximum Gasteiger partial charge on any atom is 0.265 e. The number of aliphatic hydroxyl groups is 1. The van der Waals surface area contributed by atoms with Crippen molar-refractivity contribution < 1.29 is 19.4 Å². The first-order chi connectivity index (χ1) is 11.0. The van der Waals surface area contributed by atoms with Crippen molar-refractivity contribution in [3.63, 3.8) is 0 Å². The normalized spacial score (nSPS) is 23.4. The molecule has 3 N–H and O–H groups in total. The smallest absolute Gasteiger partial charge is 0.265 e. The third-order valence-electron chi connectivity index (χ3n) is 4.03. The monoisotopic (exact) mass is 383 g/mol. The minimum atomic E-state index is -0.446. The number of hydrogen-bond donors (Lipinski definition) is 3. The Bertz CT molecular complexity index is 625. The fraction of sp³-hybridized carbons (Fsp3) is 0.467. The molecule has 0 radical (unpaired) electrons. The number of halogens is 1. The lowest BCUT2D eigenvalue weighted by molar-refractivity contribution is -0.125. The molecule has 1 saturated heterocycles. The van der Waals surface area contributed by atoms with Crippen molar-refractivity contribution in [3.05, 3.63) is 22.7 Å². The largest absolute Gasteiger partial charge is 0.482 e. The van der Waals surface area contributed by atoms with Crippen LogP contribution in [-0.2, 0) is 9.59 Å². The van der Waals surface area contributed by atoms with Gasteiger partial charge in [-0.25, -0.2) is 0 Å². The predicted octanol–water partition coefficient (Wildman–Crippen LogP) is -0.129. The Balaban J connectivity index is 1.63. The van der Waals surface area contributed by atoms with Gasteiger partial charge in [-0.1, -0.05) is 15.9 Å². The number of β-amino-alcohol motifs (C(OH)–C–C–N with tert-alkyl or cyclic N) is 1. The fourth-order valence-corrected chi connectivity index (χ4v) is 3.06. The lowest BCUT2D eigenvalue weighted by Crippen LogP contribution is -2.46. The van der Waals surface area contributed by atoms with E-state index in [0.29, 0.717) is 31.1 Å². The molecule has 0 saturated carbocycles. The number of carbonyl (C=O) groups excluding carboxylic acids is 2. The van der Waals surface area contributed by atoms with E-state index in [0.717, 1.165) is 4.47 Å². The Hall–Kier alpha value is -1.64. The highest BCUT2D eigenvalue weighted by Crippen LogP contribution is 2.34. The van der Waals surface area contributed by atoms with Crippen LogP contribution in [0.4, 0.5) is 5.69 Å². The van der Waals surface area contributed by atoms with E-state index in [2.05, 4.69) is 26.6 Å². The molecule has 0 aliphatic carbocycles. The van der Waals surface area contributed by atoms with Gasteiger partial charge in [0.05, 0.1) is 11.8 Å². The second-order valence-electron chi connectivity index (χ2n) is 5.67. The predicted molar refractivity (Wildman–Crippen MR) is 87.4 cm³/mol. The molecule has 0 spiro atoms. The standard InChI is InChI=1S/C15H18BrN3O4/c16-10-1-2-11-13(3-10)23-8-15(22)19(11)7-14(21)18-5-9-4-17-6-12(9)20/h1-3,9,12,17,20H,4-8H2,(H,18,21). The van der Waals surface area contributed by atoms with E-state index >= 15 is 0 Å². The molecular formula is C15H18BrN3O4. The van der Waals surface area contributed by atoms with Gasteiger partial charge in [0.15, 0.2) is 6.61 Å². The highest BCUT2D eigenvalue weighted by Gasteiger charge is 2.29. The summed E-state index contributed by atoms with van der Waals surface area (Å²) in [6.07, 6.45) is -0.446. The van der Waals surface area contributed by atoms with Crippen LogP contribution in [0.1, 0.15) is 0 Å². The van der Waals surface area contributed by atoms with E-state index in [1.807, 2.05) is 0 Å². The molecule has 2 atom stereocenters. The Morgan fingerprint density at radius 1 is 1.48 bits per heavy atom. The number of amides is 2. The number of anilines is 1. The number of aliphatic hydroxyl groups excluding tert-OH is 1. The average molecular weight is 384 g/mol. The summed E-state index contributed by atoms with van der Waals surface area (Å²) in [4.78, 5) is 25.6. The average Bonchev–Trinajstić information content (AvgIpc) is 2.93. The van der Waals surface area contributed by atoms with Gasteiger partial charge in [0, 0.05) is 30.0 Å². The van der Waals surface area contributed by atoms with Crippen LogP contribution in [0.15, 0.2) is 22.7 Å². The van der Waals surface area contributed by atoms with Gasteiger partial charge in [0.2, 0.25) is 5.91 Å². The quantitative estimate of drug-likeness (QED) is 0.673. The van der Waals surface area contributed by atoms with Gasteiger partial charge in [-0.05, 0) is 18.2 Å². The Kier molecular flexibility index (Phi) is 4.84. The van der Waals surface area contributed by atoms with Crippen LogP contribution in [0.5, 0.6) is 5.75 Å². The maximum atomic E-state index is 12.1. The molecule has 2 aliphatic rings. The van der Waals surface area contributed by atoms with E-state index in [-0.39, 0.29) is 30.9 Å². The summed E-state index contributed by atoms with van der Waals surface area (Å²) in [6.45, 7) is 1.47. The van der Waals surface area contributed by atoms with Crippen LogP contribution in [0, 0.1) is 5.92 Å². The molecule has 7 nitrogen and oxygen atoms in total. The second kappa shape index (κ2) is 6.86. The number of hydrogen-bond acceptors (Lipinski definition) is 5. The van der Waals surface area contributed by atoms with Gasteiger partial charge in [-0.3, -0.25) is 14.5 Å². The summed E-state index contributed by atoms with van der Waals surface area (Å²) >= 11 is 3.35. The molecular weight excluding hydrogens is 366 g/mol. The van der Waals surface area contributed by atoms with Crippen molar-refractivity contribution >= 4 is 33.4 Å². The number of ether oxygens (including phenoxy) is 1. The third kappa shape index (κ3) is 3.65. The number of carbonyl (C=O) groups is 2. The highest BCUT2D eigenvalue weighted by atomic mass is 79.9. The van der Waals surface area contributed by atoms with Crippen LogP contribution in [-0.4, -0.2) is 55.8 Å². The van der Waals surface area contributed by atoms with Gasteiger partial charge in [-0.2, -0.15) is 0 Å². The molecule has 2 unspecified atom stereocenters. The third-order valence-corrected chi connectivity index (χ3v) is 4.53. The van der Waals surface area contributed by atoms with Gasteiger partial charge >= 0.3 is 0 Å². The number of nitrogens with zero attached hydrogens (tertiary/aromatic N) is 1. The summed E-state index contributed by atoms with van der Waals surface area (Å²) in [6, 6.07) is 5.31. The molecule has 1 aromatic rings. The second-order valence-corrected chi connectivity index (χ2v) is 6.59. The Morgan fingerprint density at radius 3 is 3.04 bits per heavy atom. The summed E-state index contributed by atoms with van der Waals surface area (Å²) < 4.78 is 6.23. The van der Waals surface area contributed by atoms with Crippen molar-refractivity contribution in [1.82, 2.24) is 10.6 Å². The summed E-state index contributed by atoms with van der Waals surface area (Å²) in [5, 5.41) is 15.6. The molecule has 1 fully saturated rings. The van der Waals surface area contributed by atoms with Gasteiger partial charge < -0.3 is 20.5 Å². The molecule has 124 valence electrons. The van der Waals surface area contributed by atoms with E-state index in [9.17, 15) is 14.7 Å². The van der Waals surface area contributed by atoms with E-state index in [4.69, 9.17) is 4.74 Å². The summed E-state index contributed by atoms with van der Waals surface area (Å²) in [7, 11) is 0. The van der Waals surface area contributed by atoms with Crippen molar-refractivity contribution in [2.45, 2.75) is 6.10 Å². The van der Waals surface area contributed by atoms with Gasteiger partial charge in [0.1, 0.15) is 12.3 Å². The van der Waals surface area contributed by atoms with E-state index in [1.165, 1.54) is 4.90 Å². The lowest BCUT2D eigenvalue weighted by Gasteiger charge is -2.29. The zero-order valence-electron chi connectivity index (χ0n) is 12.4. The van der Waals surface area contributed by atoms with Crippen molar-refractivity contribution in [2.24, 2.45) is 5.92 Å². The molecule has 1 aromatic carbocycles. The summed E-state index contributed by atoms with van der Waals surface area (Å²) in [5.74, 6) is 0.0653. The first-order valence-electron chi connectivity index (χ1n) is 7.43. The molecule has 2 heterocycles. The number of nitrogens with one attached hydrogen (secondary N) is 2. The number of benzene rings is 1. The van der Waals surface area contributed by atoms with Gasteiger partial charge in [0.25, 0.3) is 5.91 Å². The highest BCUT2D eigenvalue weighted by molar-refractivity contribution is 9.10. The van der Waals surface area contributed by atoms with Crippen LogP contribution < -0.4 is 20.3 Å². The van der Waals surface area contributed by atoms with Crippen molar-refractivity contribution in [2.75, 3.05) is 37.7 Å². The molecule has 2 amide bonds. The Labute approximate surface area is 142 Å². The van der Waals surface area contributed by atoms with Crippen LogP contribution in [0.3, 0.4) is 0 Å². The number of fused-ring (bicyclic) bond motifs is 1. The number of rotatable bonds is 4. The molecule has 3 rings (SSSR count). The minimum absolute atomic E-state index is 0.00239. The zero-order chi connectivity index (χ0) is 16.4. The topological polar surface area (TPSA) is 90.9 Å². The van der Waals surface area contributed by atoms with Crippen molar-refractivity contribution in [3.8, 4) is 5.75 Å². The molecule has 23 heavy (non-hydrogen) atoms. The first-order valence-corrected chi connectivity index (χ1v) is 8.22. The molecule has 2 aliphatic heterocycles. The fourth-order valence-electron chi connectivity index (χ4n) is 2.72. The van der Waals surface area contributed by atoms with Crippen LogP contribution in [0.25, 0.3) is 0 Å². The summed E-state index contributed by atoms with van der Waals surface area (Å²) in [5.41, 5.74) is 0.585. The van der Waals surface area contributed by atoms with Crippen LogP contribution >= 0.6 is 15.9 Å². The lowest BCUT2D eigenvalue weighted by atomic mass is 10.1. The first kappa shape index (κ1) is 16.2. The molecule has 8 heteroatoms.